The highest BCUT2D eigenvalue weighted by atomic mass is 16.6. The number of aryl methyl sites for hydroxylation is 1. The van der Waals surface area contributed by atoms with Crippen LogP contribution in [0.3, 0.4) is 0 Å². The molecule has 19 heavy (non-hydrogen) atoms. The SMILES string of the molecule is Cc1ccc(C[C@@H](C#N)NC(=O)OC(C)(C)C)cc1. The predicted octanol–water partition coefficient (Wildman–Crippen LogP) is 2.95. The molecule has 0 saturated heterocycles. The Hall–Kier alpha value is -2.02. The molecule has 0 fully saturated rings. The summed E-state index contributed by atoms with van der Waals surface area (Å²) in [5.74, 6) is 0. The van der Waals surface area contributed by atoms with Gasteiger partial charge >= 0.3 is 6.09 Å². The van der Waals surface area contributed by atoms with E-state index in [0.29, 0.717) is 6.42 Å². The molecule has 0 aromatic heterocycles. The van der Waals surface area contributed by atoms with Crippen molar-refractivity contribution < 1.29 is 9.53 Å². The second-order valence-electron chi connectivity index (χ2n) is 5.52. The van der Waals surface area contributed by atoms with Gasteiger partial charge in [0.2, 0.25) is 0 Å². The van der Waals surface area contributed by atoms with Crippen molar-refractivity contribution in [3.8, 4) is 6.07 Å². The van der Waals surface area contributed by atoms with Crippen molar-refractivity contribution in [3.63, 3.8) is 0 Å². The fraction of sp³-hybridized carbons (Fsp3) is 0.467. The largest absolute Gasteiger partial charge is 0.444 e. The Morgan fingerprint density at radius 3 is 2.42 bits per heavy atom. The molecule has 0 saturated carbocycles. The zero-order valence-electron chi connectivity index (χ0n) is 11.9. The molecule has 4 heteroatoms. The molecule has 1 amide bonds. The lowest BCUT2D eigenvalue weighted by Gasteiger charge is -2.21. The van der Waals surface area contributed by atoms with Crippen molar-refractivity contribution in [2.24, 2.45) is 0 Å². The van der Waals surface area contributed by atoms with Crippen molar-refractivity contribution in [1.82, 2.24) is 5.32 Å². The monoisotopic (exact) mass is 260 g/mol. The number of hydrogen-bond donors (Lipinski definition) is 1. The van der Waals surface area contributed by atoms with Crippen molar-refractivity contribution in [2.45, 2.75) is 45.8 Å². The summed E-state index contributed by atoms with van der Waals surface area (Å²) in [6.45, 7) is 7.36. The van der Waals surface area contributed by atoms with E-state index in [2.05, 4.69) is 11.4 Å². The normalized spacial score (nSPS) is 12.4. The molecule has 0 aliphatic carbocycles. The summed E-state index contributed by atoms with van der Waals surface area (Å²) < 4.78 is 5.13. The van der Waals surface area contributed by atoms with E-state index in [4.69, 9.17) is 10.00 Å². The van der Waals surface area contributed by atoms with Crippen LogP contribution in [0.1, 0.15) is 31.9 Å². The van der Waals surface area contributed by atoms with Gasteiger partial charge in [-0.3, -0.25) is 0 Å². The molecule has 0 unspecified atom stereocenters. The van der Waals surface area contributed by atoms with E-state index in [1.165, 1.54) is 0 Å². The lowest BCUT2D eigenvalue weighted by molar-refractivity contribution is 0.0516. The number of rotatable bonds is 3. The topological polar surface area (TPSA) is 62.1 Å². The summed E-state index contributed by atoms with van der Waals surface area (Å²) in [6, 6.07) is 9.36. The van der Waals surface area contributed by atoms with E-state index in [9.17, 15) is 4.79 Å². The minimum atomic E-state index is -0.586. The van der Waals surface area contributed by atoms with Crippen LogP contribution in [0.15, 0.2) is 24.3 Å². The van der Waals surface area contributed by atoms with Crippen molar-refractivity contribution in [3.05, 3.63) is 35.4 Å². The number of amides is 1. The molecule has 102 valence electrons. The van der Waals surface area contributed by atoms with E-state index in [0.717, 1.165) is 11.1 Å². The molecule has 0 heterocycles. The van der Waals surface area contributed by atoms with Gasteiger partial charge in [0.15, 0.2) is 0 Å². The van der Waals surface area contributed by atoms with Gasteiger partial charge in [0.1, 0.15) is 11.6 Å². The number of carbonyl (C=O) groups excluding carboxylic acids is 1. The van der Waals surface area contributed by atoms with E-state index in [-0.39, 0.29) is 0 Å². The van der Waals surface area contributed by atoms with Crippen molar-refractivity contribution >= 4 is 6.09 Å². The number of nitrogens with zero attached hydrogens (tertiary/aromatic N) is 1. The van der Waals surface area contributed by atoms with Crippen molar-refractivity contribution in [1.29, 1.82) is 5.26 Å². The molecule has 1 aromatic carbocycles. The van der Waals surface area contributed by atoms with Gasteiger partial charge < -0.3 is 10.1 Å². The van der Waals surface area contributed by atoms with Gasteiger partial charge in [0.25, 0.3) is 0 Å². The molecule has 0 aliphatic heterocycles. The number of alkyl carbamates (subject to hydrolysis) is 1. The Bertz CT molecular complexity index is 466. The molecule has 1 aromatic rings. The summed E-state index contributed by atoms with van der Waals surface area (Å²) >= 11 is 0. The standard InChI is InChI=1S/C15H20N2O2/c1-11-5-7-12(8-6-11)9-13(10-16)17-14(18)19-15(2,3)4/h5-8,13H,9H2,1-4H3,(H,17,18)/t13-/m0/s1. The third-order valence-electron chi connectivity index (χ3n) is 2.41. The third kappa shape index (κ3) is 5.91. The smallest absolute Gasteiger partial charge is 0.408 e. The van der Waals surface area contributed by atoms with Crippen LogP contribution in [0.5, 0.6) is 0 Å². The first-order valence-electron chi connectivity index (χ1n) is 6.25. The Labute approximate surface area is 114 Å². The Morgan fingerprint density at radius 2 is 1.95 bits per heavy atom. The summed E-state index contributed by atoms with van der Waals surface area (Å²) in [6.07, 6.45) is -0.0955. The minimum absolute atomic E-state index is 0.468. The number of ether oxygens (including phenoxy) is 1. The van der Waals surface area contributed by atoms with Crippen LogP contribution in [0.2, 0.25) is 0 Å². The minimum Gasteiger partial charge on any atom is -0.444 e. The average molecular weight is 260 g/mol. The van der Waals surface area contributed by atoms with Crippen LogP contribution in [0.4, 0.5) is 4.79 Å². The molecule has 0 aliphatic rings. The number of nitrogens with one attached hydrogen (secondary N) is 1. The number of hydrogen-bond acceptors (Lipinski definition) is 3. The van der Waals surface area contributed by atoms with Crippen LogP contribution in [-0.2, 0) is 11.2 Å². The molecular formula is C15H20N2O2. The van der Waals surface area contributed by atoms with Gasteiger partial charge in [-0.05, 0) is 33.3 Å². The highest BCUT2D eigenvalue weighted by Gasteiger charge is 2.19. The molecule has 1 atom stereocenters. The first-order chi connectivity index (χ1) is 8.80. The molecule has 1 N–H and O–H groups in total. The number of nitriles is 1. The van der Waals surface area contributed by atoms with E-state index in [1.54, 1.807) is 20.8 Å². The van der Waals surface area contributed by atoms with Crippen LogP contribution in [0.25, 0.3) is 0 Å². The second kappa shape index (κ2) is 6.24. The fourth-order valence-electron chi connectivity index (χ4n) is 1.54. The second-order valence-corrected chi connectivity index (χ2v) is 5.52. The number of benzene rings is 1. The highest BCUT2D eigenvalue weighted by Crippen LogP contribution is 2.09. The first-order valence-corrected chi connectivity index (χ1v) is 6.25. The van der Waals surface area contributed by atoms with Crippen LogP contribution >= 0.6 is 0 Å². The van der Waals surface area contributed by atoms with Gasteiger partial charge in [-0.15, -0.1) is 0 Å². The van der Waals surface area contributed by atoms with Crippen LogP contribution < -0.4 is 5.32 Å². The third-order valence-corrected chi connectivity index (χ3v) is 2.41. The molecule has 0 radical (unpaired) electrons. The van der Waals surface area contributed by atoms with Gasteiger partial charge in [-0.25, -0.2) is 4.79 Å². The molecule has 0 spiro atoms. The molecule has 1 rings (SSSR count). The predicted molar refractivity (Wildman–Crippen MR) is 73.7 cm³/mol. The number of carbonyl (C=O) groups is 1. The maximum absolute atomic E-state index is 11.6. The summed E-state index contributed by atoms with van der Waals surface area (Å²) in [4.78, 5) is 11.6. The average Bonchev–Trinajstić information content (AvgIpc) is 2.28. The van der Waals surface area contributed by atoms with Crippen molar-refractivity contribution in [2.75, 3.05) is 0 Å². The van der Waals surface area contributed by atoms with Gasteiger partial charge in [-0.1, -0.05) is 29.8 Å². The fourth-order valence-corrected chi connectivity index (χ4v) is 1.54. The molecule has 4 nitrogen and oxygen atoms in total. The zero-order chi connectivity index (χ0) is 14.5. The zero-order valence-corrected chi connectivity index (χ0v) is 11.9. The van der Waals surface area contributed by atoms with Crippen LogP contribution in [-0.4, -0.2) is 17.7 Å². The maximum Gasteiger partial charge on any atom is 0.408 e. The molecular weight excluding hydrogens is 240 g/mol. The lowest BCUT2D eigenvalue weighted by atomic mass is 10.1. The van der Waals surface area contributed by atoms with E-state index in [1.807, 2.05) is 31.2 Å². The Balaban J connectivity index is 2.57. The Kier molecular flexibility index (Phi) is 4.94. The van der Waals surface area contributed by atoms with E-state index < -0.39 is 17.7 Å². The maximum atomic E-state index is 11.6. The van der Waals surface area contributed by atoms with Gasteiger partial charge in [0, 0.05) is 6.42 Å². The Morgan fingerprint density at radius 1 is 1.37 bits per heavy atom. The summed E-state index contributed by atoms with van der Waals surface area (Å²) in [7, 11) is 0. The highest BCUT2D eigenvalue weighted by molar-refractivity contribution is 5.68. The van der Waals surface area contributed by atoms with Gasteiger partial charge in [0.05, 0.1) is 6.07 Å². The van der Waals surface area contributed by atoms with Gasteiger partial charge in [-0.2, -0.15) is 5.26 Å². The van der Waals surface area contributed by atoms with E-state index >= 15 is 0 Å². The summed E-state index contributed by atoms with van der Waals surface area (Å²) in [5.41, 5.74) is 1.61. The quantitative estimate of drug-likeness (QED) is 0.908. The first kappa shape index (κ1) is 15.0. The lowest BCUT2D eigenvalue weighted by Crippen LogP contribution is -2.39. The molecule has 0 bridgehead atoms. The summed E-state index contributed by atoms with van der Waals surface area (Å²) in [5, 5.41) is 11.6. The van der Waals surface area contributed by atoms with Crippen LogP contribution in [0, 0.1) is 18.3 Å².